The molecule has 1 aliphatic heterocycles. The van der Waals surface area contributed by atoms with Crippen LogP contribution in [0.3, 0.4) is 0 Å². The van der Waals surface area contributed by atoms with E-state index in [2.05, 4.69) is 10.3 Å². The maximum absolute atomic E-state index is 12.1. The van der Waals surface area contributed by atoms with E-state index in [4.69, 9.17) is 9.52 Å². The highest BCUT2D eigenvalue weighted by atomic mass is 16.4. The van der Waals surface area contributed by atoms with E-state index in [1.807, 2.05) is 0 Å². The first-order valence-corrected chi connectivity index (χ1v) is 6.65. The number of nitrogens with zero attached hydrogens (tertiary/aromatic N) is 2. The van der Waals surface area contributed by atoms with Crippen LogP contribution in [0.1, 0.15) is 37.5 Å². The Morgan fingerprint density at radius 2 is 2.40 bits per heavy atom. The van der Waals surface area contributed by atoms with Crippen LogP contribution in [-0.4, -0.2) is 40.1 Å². The van der Waals surface area contributed by atoms with Crippen LogP contribution in [0, 0.1) is 12.8 Å². The third-order valence-electron chi connectivity index (χ3n) is 3.39. The lowest BCUT2D eigenvalue weighted by molar-refractivity contribution is -0.138. The third-order valence-corrected chi connectivity index (χ3v) is 3.39. The Bertz CT molecular complexity index is 500. The fraction of sp³-hybridized carbons (Fsp3) is 0.615. The standard InChI is InChI=1S/C13H19N3O4/c1-8-6-14-12(20-8)9(2)15-13(19)16-4-3-10(7-16)5-11(17)18/h6,9-10H,3-5,7H2,1-2H3,(H,15,19)(H,17,18). The lowest BCUT2D eigenvalue weighted by Gasteiger charge is -2.19. The van der Waals surface area contributed by atoms with E-state index < -0.39 is 5.97 Å². The van der Waals surface area contributed by atoms with E-state index in [0.29, 0.717) is 24.7 Å². The van der Waals surface area contributed by atoms with Crippen LogP contribution in [0.5, 0.6) is 0 Å². The highest BCUT2D eigenvalue weighted by molar-refractivity contribution is 5.75. The minimum Gasteiger partial charge on any atom is -0.481 e. The van der Waals surface area contributed by atoms with Gasteiger partial charge in [-0.3, -0.25) is 4.79 Å². The van der Waals surface area contributed by atoms with Crippen molar-refractivity contribution in [3.05, 3.63) is 17.8 Å². The number of urea groups is 1. The van der Waals surface area contributed by atoms with Crippen molar-refractivity contribution < 1.29 is 19.1 Å². The quantitative estimate of drug-likeness (QED) is 0.873. The number of carboxylic acid groups (broad SMARTS) is 1. The number of aliphatic carboxylic acids is 1. The number of carbonyl (C=O) groups excluding carboxylic acids is 1. The molecule has 2 rings (SSSR count). The van der Waals surface area contributed by atoms with Crippen LogP contribution in [0.25, 0.3) is 0 Å². The second-order valence-corrected chi connectivity index (χ2v) is 5.18. The monoisotopic (exact) mass is 281 g/mol. The van der Waals surface area contributed by atoms with Gasteiger partial charge >= 0.3 is 12.0 Å². The number of amides is 2. The summed E-state index contributed by atoms with van der Waals surface area (Å²) in [5.41, 5.74) is 0. The fourth-order valence-corrected chi connectivity index (χ4v) is 2.34. The molecule has 110 valence electrons. The maximum Gasteiger partial charge on any atom is 0.318 e. The van der Waals surface area contributed by atoms with Gasteiger partial charge in [0.2, 0.25) is 5.89 Å². The zero-order valence-corrected chi connectivity index (χ0v) is 11.6. The van der Waals surface area contributed by atoms with Gasteiger partial charge in [-0.15, -0.1) is 0 Å². The first-order valence-electron chi connectivity index (χ1n) is 6.65. The molecule has 0 aromatic carbocycles. The van der Waals surface area contributed by atoms with Gasteiger partial charge in [0.15, 0.2) is 0 Å². The van der Waals surface area contributed by atoms with Gasteiger partial charge in [0, 0.05) is 19.5 Å². The second-order valence-electron chi connectivity index (χ2n) is 5.18. The molecule has 1 fully saturated rings. The predicted molar refractivity (Wildman–Crippen MR) is 70.1 cm³/mol. The molecule has 0 radical (unpaired) electrons. The van der Waals surface area contributed by atoms with Gasteiger partial charge in [-0.05, 0) is 26.2 Å². The Morgan fingerprint density at radius 1 is 1.65 bits per heavy atom. The lowest BCUT2D eigenvalue weighted by Crippen LogP contribution is -2.39. The van der Waals surface area contributed by atoms with E-state index in [1.165, 1.54) is 0 Å². The molecule has 2 atom stereocenters. The number of carbonyl (C=O) groups is 2. The average Bonchev–Trinajstić information content (AvgIpc) is 2.97. The van der Waals surface area contributed by atoms with Crippen molar-refractivity contribution in [1.82, 2.24) is 15.2 Å². The van der Waals surface area contributed by atoms with Crippen LogP contribution < -0.4 is 5.32 Å². The number of hydrogen-bond acceptors (Lipinski definition) is 4. The van der Waals surface area contributed by atoms with Crippen LogP contribution in [0.4, 0.5) is 4.79 Å². The normalized spacial score (nSPS) is 19.9. The summed E-state index contributed by atoms with van der Waals surface area (Å²) in [6.45, 7) is 4.66. The summed E-state index contributed by atoms with van der Waals surface area (Å²) < 4.78 is 5.36. The topological polar surface area (TPSA) is 95.7 Å². The molecule has 7 nitrogen and oxygen atoms in total. The molecule has 2 heterocycles. The van der Waals surface area contributed by atoms with Crippen molar-refractivity contribution in [2.24, 2.45) is 5.92 Å². The molecule has 1 aromatic rings. The van der Waals surface area contributed by atoms with Crippen molar-refractivity contribution in [2.75, 3.05) is 13.1 Å². The number of aromatic nitrogens is 1. The molecule has 20 heavy (non-hydrogen) atoms. The number of likely N-dealkylation sites (tertiary alicyclic amines) is 1. The number of oxazole rings is 1. The Morgan fingerprint density at radius 3 is 3.00 bits per heavy atom. The molecule has 1 aromatic heterocycles. The van der Waals surface area contributed by atoms with Gasteiger partial charge in [-0.1, -0.05) is 0 Å². The second kappa shape index (κ2) is 5.94. The minimum atomic E-state index is -0.819. The van der Waals surface area contributed by atoms with Gasteiger partial charge in [0.1, 0.15) is 11.8 Å². The molecule has 7 heteroatoms. The third kappa shape index (κ3) is 3.49. The summed E-state index contributed by atoms with van der Waals surface area (Å²) in [4.78, 5) is 28.4. The largest absolute Gasteiger partial charge is 0.481 e. The summed E-state index contributed by atoms with van der Waals surface area (Å²) in [5.74, 6) is 0.388. The van der Waals surface area contributed by atoms with Crippen molar-refractivity contribution in [2.45, 2.75) is 32.7 Å². The van der Waals surface area contributed by atoms with E-state index >= 15 is 0 Å². The number of hydrogen-bond donors (Lipinski definition) is 2. The van der Waals surface area contributed by atoms with Crippen LogP contribution >= 0.6 is 0 Å². The smallest absolute Gasteiger partial charge is 0.318 e. The molecular formula is C13H19N3O4. The van der Waals surface area contributed by atoms with Gasteiger partial charge in [-0.2, -0.15) is 0 Å². The first kappa shape index (κ1) is 14.4. The minimum absolute atomic E-state index is 0.0394. The van der Waals surface area contributed by atoms with E-state index in [-0.39, 0.29) is 24.4 Å². The Hall–Kier alpha value is -2.05. The van der Waals surface area contributed by atoms with Crippen LogP contribution in [0.15, 0.2) is 10.6 Å². The number of aryl methyl sites for hydroxylation is 1. The summed E-state index contributed by atoms with van der Waals surface area (Å²) >= 11 is 0. The van der Waals surface area contributed by atoms with Crippen LogP contribution in [0.2, 0.25) is 0 Å². The fourth-order valence-electron chi connectivity index (χ4n) is 2.34. The molecule has 2 unspecified atom stereocenters. The molecule has 2 N–H and O–H groups in total. The Balaban J connectivity index is 1.85. The van der Waals surface area contributed by atoms with E-state index in [0.717, 1.165) is 6.42 Å². The zero-order valence-electron chi connectivity index (χ0n) is 11.6. The van der Waals surface area contributed by atoms with Gasteiger partial charge in [0.05, 0.1) is 6.20 Å². The van der Waals surface area contributed by atoms with Gasteiger partial charge in [-0.25, -0.2) is 9.78 Å². The molecule has 1 aliphatic rings. The molecule has 2 amide bonds. The van der Waals surface area contributed by atoms with Crippen molar-refractivity contribution in [1.29, 1.82) is 0 Å². The number of carboxylic acids is 1. The zero-order chi connectivity index (χ0) is 14.7. The van der Waals surface area contributed by atoms with E-state index in [9.17, 15) is 9.59 Å². The highest BCUT2D eigenvalue weighted by Crippen LogP contribution is 2.20. The molecule has 0 bridgehead atoms. The summed E-state index contributed by atoms with van der Waals surface area (Å²) in [6.07, 6.45) is 2.45. The highest BCUT2D eigenvalue weighted by Gasteiger charge is 2.28. The summed E-state index contributed by atoms with van der Waals surface area (Å²) in [6, 6.07) is -0.518. The van der Waals surface area contributed by atoms with Crippen LogP contribution in [-0.2, 0) is 4.79 Å². The molecule has 1 saturated heterocycles. The predicted octanol–water partition coefficient (Wildman–Crippen LogP) is 1.55. The van der Waals surface area contributed by atoms with Crippen molar-refractivity contribution >= 4 is 12.0 Å². The summed E-state index contributed by atoms with van der Waals surface area (Å²) in [5, 5.41) is 11.6. The molecular weight excluding hydrogens is 262 g/mol. The molecule has 0 saturated carbocycles. The number of nitrogens with one attached hydrogen (secondary N) is 1. The van der Waals surface area contributed by atoms with Crippen molar-refractivity contribution in [3.8, 4) is 0 Å². The maximum atomic E-state index is 12.1. The van der Waals surface area contributed by atoms with Gasteiger partial charge < -0.3 is 19.7 Å². The molecule has 0 aliphatic carbocycles. The van der Waals surface area contributed by atoms with Crippen molar-refractivity contribution in [3.63, 3.8) is 0 Å². The molecule has 0 spiro atoms. The van der Waals surface area contributed by atoms with E-state index in [1.54, 1.807) is 24.9 Å². The lowest BCUT2D eigenvalue weighted by atomic mass is 10.1. The summed E-state index contributed by atoms with van der Waals surface area (Å²) in [7, 11) is 0. The van der Waals surface area contributed by atoms with Gasteiger partial charge in [0.25, 0.3) is 0 Å². The number of rotatable bonds is 4. The SMILES string of the molecule is Cc1cnc(C(C)NC(=O)N2CCC(CC(=O)O)C2)o1. The average molecular weight is 281 g/mol. The Kier molecular flexibility index (Phi) is 4.26. The first-order chi connectivity index (χ1) is 9.45. The Labute approximate surface area is 117 Å².